The van der Waals surface area contributed by atoms with Gasteiger partial charge >= 0.3 is 30.0 Å². The smallest absolute Gasteiger partial charge is 0.407 e. The Morgan fingerprint density at radius 1 is 0.794 bits per heavy atom. The zero-order valence-corrected chi connectivity index (χ0v) is 20.4. The summed E-state index contributed by atoms with van der Waals surface area (Å²) in [5.41, 5.74) is -0.690. The molecule has 194 valence electrons. The predicted octanol–water partition coefficient (Wildman–Crippen LogP) is 0.611. The van der Waals surface area contributed by atoms with Crippen LogP contribution in [0.15, 0.2) is 0 Å². The summed E-state index contributed by atoms with van der Waals surface area (Å²) in [6, 6.07) is 0. The van der Waals surface area contributed by atoms with Crippen LogP contribution in [-0.2, 0) is 52.3 Å². The lowest BCUT2D eigenvalue weighted by atomic mass is 9.98. The zero-order valence-electron chi connectivity index (χ0n) is 20.4. The fourth-order valence-electron chi connectivity index (χ4n) is 2.97. The van der Waals surface area contributed by atoms with Gasteiger partial charge in [-0.1, -0.05) is 0 Å². The highest BCUT2D eigenvalue weighted by molar-refractivity contribution is 5.69. The summed E-state index contributed by atoms with van der Waals surface area (Å²) in [6.45, 7) is 9.18. The van der Waals surface area contributed by atoms with Crippen molar-refractivity contribution < 1.29 is 57.1 Å². The van der Waals surface area contributed by atoms with Gasteiger partial charge in [0, 0.05) is 34.2 Å². The molecule has 1 heterocycles. The van der Waals surface area contributed by atoms with Gasteiger partial charge in [0.2, 0.25) is 0 Å². The molecule has 1 fully saturated rings. The number of hydrogen-bond donors (Lipinski definition) is 1. The standard InChI is InChI=1S/C21H33NO12/c1-11(23)29-10-15-16(30-12(2)24)17(31-13(3)25)18(32-14(4)26)19(33-15)28-9-8-22-20(27)34-21(5,6)7/h15-19H,8-10H2,1-7H3,(H,22,27)/t15-,16-,17+,18-,19-/m1/s1. The quantitative estimate of drug-likeness (QED) is 0.272. The first-order valence-corrected chi connectivity index (χ1v) is 10.6. The summed E-state index contributed by atoms with van der Waals surface area (Å²) in [7, 11) is 0. The fraction of sp³-hybridized carbons (Fsp3) is 0.762. The largest absolute Gasteiger partial charge is 0.463 e. The van der Waals surface area contributed by atoms with Crippen LogP contribution in [0.1, 0.15) is 48.5 Å². The SMILES string of the molecule is CC(=O)OC[C@H]1O[C@@H](OCCNC(=O)OC(C)(C)C)[C@H](OC(C)=O)[C@@H](OC(C)=O)[C@@H]1OC(C)=O. The molecule has 0 saturated carbocycles. The van der Waals surface area contributed by atoms with E-state index in [0.29, 0.717) is 0 Å². The highest BCUT2D eigenvalue weighted by atomic mass is 16.7. The molecule has 1 amide bonds. The predicted molar refractivity (Wildman–Crippen MR) is 112 cm³/mol. The molecule has 0 radical (unpaired) electrons. The third-order valence-corrected chi connectivity index (χ3v) is 4.00. The van der Waals surface area contributed by atoms with Crippen LogP contribution in [0.25, 0.3) is 0 Å². The molecule has 5 atom stereocenters. The summed E-state index contributed by atoms with van der Waals surface area (Å²) in [6.07, 6.45) is -7.04. The number of ether oxygens (including phenoxy) is 7. The summed E-state index contributed by atoms with van der Waals surface area (Å²) in [4.78, 5) is 58.3. The van der Waals surface area contributed by atoms with Crippen molar-refractivity contribution in [2.45, 2.75) is 84.8 Å². The van der Waals surface area contributed by atoms with Gasteiger partial charge in [-0.2, -0.15) is 0 Å². The van der Waals surface area contributed by atoms with E-state index in [1.807, 2.05) is 0 Å². The van der Waals surface area contributed by atoms with Crippen LogP contribution in [-0.4, -0.2) is 86.0 Å². The lowest BCUT2D eigenvalue weighted by molar-refractivity contribution is -0.307. The van der Waals surface area contributed by atoms with Crippen molar-refractivity contribution in [1.82, 2.24) is 5.32 Å². The number of hydrogen-bond acceptors (Lipinski definition) is 12. The minimum absolute atomic E-state index is 0.00177. The van der Waals surface area contributed by atoms with Crippen LogP contribution < -0.4 is 5.32 Å². The second-order valence-electron chi connectivity index (χ2n) is 8.37. The molecule has 0 spiro atoms. The van der Waals surface area contributed by atoms with E-state index in [2.05, 4.69) is 5.32 Å². The van der Waals surface area contributed by atoms with Crippen molar-refractivity contribution in [2.75, 3.05) is 19.8 Å². The van der Waals surface area contributed by atoms with Gasteiger partial charge in [-0.15, -0.1) is 0 Å². The Kier molecular flexibility index (Phi) is 11.2. The Bertz CT molecular complexity index is 747. The van der Waals surface area contributed by atoms with E-state index in [0.717, 1.165) is 20.8 Å². The van der Waals surface area contributed by atoms with Crippen molar-refractivity contribution in [3.05, 3.63) is 0 Å². The van der Waals surface area contributed by atoms with Crippen LogP contribution in [0.3, 0.4) is 0 Å². The lowest BCUT2D eigenvalue weighted by Gasteiger charge is -2.44. The molecular formula is C21H33NO12. The molecule has 1 aliphatic heterocycles. The monoisotopic (exact) mass is 491 g/mol. The average molecular weight is 491 g/mol. The molecule has 13 nitrogen and oxygen atoms in total. The average Bonchev–Trinajstić information content (AvgIpc) is 2.65. The zero-order chi connectivity index (χ0) is 26.1. The fourth-order valence-corrected chi connectivity index (χ4v) is 2.97. The molecule has 0 aromatic carbocycles. The summed E-state index contributed by atoms with van der Waals surface area (Å²) < 4.78 is 37.4. The van der Waals surface area contributed by atoms with E-state index >= 15 is 0 Å². The third-order valence-electron chi connectivity index (χ3n) is 4.00. The molecule has 0 aliphatic carbocycles. The van der Waals surface area contributed by atoms with Crippen molar-refractivity contribution in [1.29, 1.82) is 0 Å². The Morgan fingerprint density at radius 2 is 1.32 bits per heavy atom. The summed E-state index contributed by atoms with van der Waals surface area (Å²) in [5.74, 6) is -2.86. The molecule has 0 aromatic rings. The summed E-state index contributed by atoms with van der Waals surface area (Å²) >= 11 is 0. The lowest BCUT2D eigenvalue weighted by Crippen LogP contribution is -2.63. The molecule has 13 heteroatoms. The molecule has 0 aromatic heterocycles. The van der Waals surface area contributed by atoms with Gasteiger partial charge in [-0.05, 0) is 20.8 Å². The highest BCUT2D eigenvalue weighted by Gasteiger charge is 2.52. The van der Waals surface area contributed by atoms with Crippen LogP contribution in [0.5, 0.6) is 0 Å². The van der Waals surface area contributed by atoms with E-state index in [1.165, 1.54) is 6.92 Å². The van der Waals surface area contributed by atoms with E-state index in [1.54, 1.807) is 20.8 Å². The van der Waals surface area contributed by atoms with Crippen LogP contribution >= 0.6 is 0 Å². The highest BCUT2D eigenvalue weighted by Crippen LogP contribution is 2.29. The number of nitrogens with one attached hydrogen (secondary N) is 1. The van der Waals surface area contributed by atoms with Gasteiger partial charge in [0.25, 0.3) is 0 Å². The van der Waals surface area contributed by atoms with Gasteiger partial charge in [0.1, 0.15) is 18.3 Å². The van der Waals surface area contributed by atoms with E-state index in [-0.39, 0.29) is 19.8 Å². The Labute approximate surface area is 197 Å². The van der Waals surface area contributed by atoms with Crippen molar-refractivity contribution >= 4 is 30.0 Å². The Balaban J connectivity index is 3.06. The van der Waals surface area contributed by atoms with Gasteiger partial charge in [0.15, 0.2) is 24.6 Å². The second kappa shape index (κ2) is 13.1. The molecule has 1 rings (SSSR count). The Morgan fingerprint density at radius 3 is 1.82 bits per heavy atom. The minimum atomic E-state index is -1.33. The van der Waals surface area contributed by atoms with Crippen molar-refractivity contribution in [3.8, 4) is 0 Å². The first kappa shape index (κ1) is 29.1. The van der Waals surface area contributed by atoms with Gasteiger partial charge in [-0.25, -0.2) is 4.79 Å². The second-order valence-corrected chi connectivity index (χ2v) is 8.37. The molecule has 0 bridgehead atoms. The van der Waals surface area contributed by atoms with Crippen LogP contribution in [0.2, 0.25) is 0 Å². The number of alkyl carbamates (subject to hydrolysis) is 1. The summed E-state index contributed by atoms with van der Waals surface area (Å²) in [5, 5.41) is 2.49. The molecule has 1 aliphatic rings. The maximum absolute atomic E-state index is 11.8. The first-order valence-electron chi connectivity index (χ1n) is 10.6. The minimum Gasteiger partial charge on any atom is -0.463 e. The van der Waals surface area contributed by atoms with E-state index in [9.17, 15) is 24.0 Å². The number of amides is 1. The normalized spacial score (nSPS) is 24.4. The van der Waals surface area contributed by atoms with Crippen LogP contribution in [0, 0.1) is 0 Å². The Hall–Kier alpha value is -2.93. The third kappa shape index (κ3) is 10.8. The number of rotatable bonds is 9. The number of esters is 4. The molecule has 0 unspecified atom stereocenters. The van der Waals surface area contributed by atoms with Crippen molar-refractivity contribution in [3.63, 3.8) is 0 Å². The van der Waals surface area contributed by atoms with Gasteiger partial charge in [-0.3, -0.25) is 19.2 Å². The topological polar surface area (TPSA) is 162 Å². The molecule has 1 saturated heterocycles. The number of carbonyl (C=O) groups excluding carboxylic acids is 5. The maximum atomic E-state index is 11.8. The van der Waals surface area contributed by atoms with Crippen LogP contribution in [0.4, 0.5) is 4.79 Å². The van der Waals surface area contributed by atoms with Gasteiger partial charge < -0.3 is 38.5 Å². The first-order chi connectivity index (χ1) is 15.7. The number of carbonyl (C=O) groups is 5. The maximum Gasteiger partial charge on any atom is 0.407 e. The molecule has 1 N–H and O–H groups in total. The molecular weight excluding hydrogens is 458 g/mol. The molecule has 34 heavy (non-hydrogen) atoms. The van der Waals surface area contributed by atoms with E-state index in [4.69, 9.17) is 33.2 Å². The van der Waals surface area contributed by atoms with Crippen molar-refractivity contribution in [2.24, 2.45) is 0 Å². The van der Waals surface area contributed by atoms with E-state index < -0.39 is 66.3 Å². The van der Waals surface area contributed by atoms with Gasteiger partial charge in [0.05, 0.1) is 6.61 Å².